The number of fused-ring (bicyclic) bond motifs is 1. The standard InChI is InChI=1S/C50H45N3O/c1-31-16-18-36(19-17-31)37-22-23-51-44(30-37)40-28-38(35-12-9-8-10-13-35)27-39(29-40)42-14-11-15-46-47(42)52-49(43-25-32(2)24-34(4)48(43)54)53(46)45-21-20-41(26-33(45)3)50(5,6)7/h8-30,54H,1-7H3/i1D3,5D3,6D3,7D3. The highest BCUT2D eigenvalue weighted by molar-refractivity contribution is 5.98. The van der Waals surface area contributed by atoms with E-state index < -0.39 is 32.8 Å². The highest BCUT2D eigenvalue weighted by Crippen LogP contribution is 2.41. The average Bonchev–Trinajstić information content (AvgIpc) is 3.63. The van der Waals surface area contributed by atoms with Gasteiger partial charge in [-0.1, -0.05) is 111 Å². The average molecular weight is 716 g/mol. The van der Waals surface area contributed by atoms with Crippen molar-refractivity contribution in [3.05, 3.63) is 167 Å². The lowest BCUT2D eigenvalue weighted by Gasteiger charge is -2.21. The lowest BCUT2D eigenvalue weighted by atomic mass is 9.86. The lowest BCUT2D eigenvalue weighted by Crippen LogP contribution is -2.12. The second-order valence-electron chi connectivity index (χ2n) is 13.8. The maximum atomic E-state index is 11.7. The monoisotopic (exact) mass is 715 g/mol. The van der Waals surface area contributed by atoms with E-state index >= 15 is 0 Å². The molecule has 1 N–H and O–H groups in total. The first-order valence-electron chi connectivity index (χ1n) is 23.6. The van der Waals surface area contributed by atoms with E-state index in [2.05, 4.69) is 12.1 Å². The summed E-state index contributed by atoms with van der Waals surface area (Å²) in [6.45, 7) is -7.22. The normalized spacial score (nSPS) is 15.9. The van der Waals surface area contributed by atoms with E-state index in [1.165, 1.54) is 18.2 Å². The van der Waals surface area contributed by atoms with Crippen LogP contribution in [0.5, 0.6) is 5.75 Å². The summed E-state index contributed by atoms with van der Waals surface area (Å²) in [6, 6.07) is 40.1. The summed E-state index contributed by atoms with van der Waals surface area (Å²) in [6.07, 6.45) is 1.72. The van der Waals surface area contributed by atoms with Crippen LogP contribution in [0.25, 0.3) is 72.7 Å². The molecular formula is C50H45N3O. The molecule has 0 amide bonds. The predicted octanol–water partition coefficient (Wildman–Crippen LogP) is 13.0. The third-order valence-corrected chi connectivity index (χ3v) is 9.87. The van der Waals surface area contributed by atoms with Gasteiger partial charge in [0.15, 0.2) is 0 Å². The summed E-state index contributed by atoms with van der Waals surface area (Å²) in [5.74, 6) is 0.330. The molecule has 2 heterocycles. The summed E-state index contributed by atoms with van der Waals surface area (Å²) in [5.41, 5.74) is 7.01. The van der Waals surface area contributed by atoms with Gasteiger partial charge in [0, 0.05) is 33.8 Å². The maximum absolute atomic E-state index is 11.7. The zero-order chi connectivity index (χ0) is 47.7. The van der Waals surface area contributed by atoms with E-state index in [0.717, 1.165) is 44.5 Å². The van der Waals surface area contributed by atoms with E-state index in [-0.39, 0.29) is 16.9 Å². The van der Waals surface area contributed by atoms with E-state index in [4.69, 9.17) is 26.4 Å². The zero-order valence-electron chi connectivity index (χ0n) is 42.1. The van der Waals surface area contributed by atoms with Gasteiger partial charge in [0.25, 0.3) is 0 Å². The molecule has 0 unspecified atom stereocenters. The number of pyridine rings is 1. The van der Waals surface area contributed by atoms with Gasteiger partial charge in [-0.2, -0.15) is 0 Å². The Morgan fingerprint density at radius 3 is 2.11 bits per heavy atom. The molecule has 0 fully saturated rings. The van der Waals surface area contributed by atoms with Gasteiger partial charge in [-0.05, 0) is 132 Å². The van der Waals surface area contributed by atoms with Crippen LogP contribution in [0.4, 0.5) is 0 Å². The summed E-state index contributed by atoms with van der Waals surface area (Å²) in [4.78, 5) is 10.1. The Labute approximate surface area is 335 Å². The number of hydrogen-bond acceptors (Lipinski definition) is 3. The number of aryl methyl sites for hydroxylation is 4. The number of hydrogen-bond donors (Lipinski definition) is 1. The number of aromatic nitrogens is 3. The van der Waals surface area contributed by atoms with E-state index in [0.29, 0.717) is 44.9 Å². The molecule has 4 nitrogen and oxygen atoms in total. The summed E-state index contributed by atoms with van der Waals surface area (Å²) < 4.78 is 100. The molecule has 0 saturated carbocycles. The van der Waals surface area contributed by atoms with Crippen molar-refractivity contribution in [3.63, 3.8) is 0 Å². The van der Waals surface area contributed by atoms with Crippen molar-refractivity contribution in [1.29, 1.82) is 0 Å². The van der Waals surface area contributed by atoms with Gasteiger partial charge < -0.3 is 5.11 Å². The molecular weight excluding hydrogens is 659 g/mol. The van der Waals surface area contributed by atoms with Crippen LogP contribution >= 0.6 is 0 Å². The third kappa shape index (κ3) is 6.49. The van der Waals surface area contributed by atoms with E-state index in [1.807, 2.05) is 90.4 Å². The Morgan fingerprint density at radius 1 is 0.593 bits per heavy atom. The molecule has 8 rings (SSSR count). The first-order valence-corrected chi connectivity index (χ1v) is 17.6. The third-order valence-electron chi connectivity index (χ3n) is 9.87. The number of benzene rings is 6. The molecule has 0 saturated heterocycles. The van der Waals surface area contributed by atoms with Gasteiger partial charge in [-0.3, -0.25) is 9.55 Å². The molecule has 4 heteroatoms. The Hall–Kier alpha value is -6.26. The Bertz CT molecular complexity index is 3090. The predicted molar refractivity (Wildman–Crippen MR) is 225 cm³/mol. The molecule has 2 aromatic heterocycles. The van der Waals surface area contributed by atoms with Crippen LogP contribution < -0.4 is 0 Å². The van der Waals surface area contributed by atoms with Crippen molar-refractivity contribution in [3.8, 4) is 67.5 Å². The van der Waals surface area contributed by atoms with Crippen molar-refractivity contribution < 1.29 is 21.6 Å². The molecule has 0 aliphatic heterocycles. The second kappa shape index (κ2) is 13.6. The molecule has 0 aliphatic carbocycles. The molecule has 0 spiro atoms. The number of rotatable bonds is 6. The topological polar surface area (TPSA) is 50.9 Å². The molecule has 0 radical (unpaired) electrons. The fourth-order valence-corrected chi connectivity index (χ4v) is 7.19. The minimum atomic E-state index is -3.44. The van der Waals surface area contributed by atoms with Crippen molar-refractivity contribution in [2.75, 3.05) is 0 Å². The van der Waals surface area contributed by atoms with Crippen molar-refractivity contribution in [2.45, 2.75) is 53.6 Å². The Kier molecular flexibility index (Phi) is 5.90. The summed E-state index contributed by atoms with van der Waals surface area (Å²) >= 11 is 0. The molecule has 266 valence electrons. The Balaban J connectivity index is 1.37. The van der Waals surface area contributed by atoms with E-state index in [9.17, 15) is 5.11 Å². The van der Waals surface area contributed by atoms with Gasteiger partial charge in [0.1, 0.15) is 11.6 Å². The van der Waals surface area contributed by atoms with Gasteiger partial charge in [-0.25, -0.2) is 4.98 Å². The minimum absolute atomic E-state index is 0.00781. The molecule has 0 bridgehead atoms. The number of phenols is 1. The number of imidazole rings is 1. The zero-order valence-corrected chi connectivity index (χ0v) is 30.1. The molecule has 0 atom stereocenters. The van der Waals surface area contributed by atoms with Gasteiger partial charge in [0.05, 0.1) is 28.0 Å². The van der Waals surface area contributed by atoms with Crippen LogP contribution in [-0.4, -0.2) is 19.6 Å². The highest BCUT2D eigenvalue weighted by Gasteiger charge is 2.23. The fourth-order valence-electron chi connectivity index (χ4n) is 7.19. The Morgan fingerprint density at radius 2 is 1.35 bits per heavy atom. The quantitative estimate of drug-likeness (QED) is 0.186. The van der Waals surface area contributed by atoms with Crippen LogP contribution in [0.2, 0.25) is 0 Å². The first kappa shape index (κ1) is 23.4. The smallest absolute Gasteiger partial charge is 0.149 e. The van der Waals surface area contributed by atoms with Crippen molar-refractivity contribution in [2.24, 2.45) is 0 Å². The number of aromatic hydroxyl groups is 1. The SMILES string of the molecule is [2H]C([2H])([2H])c1ccc(-c2ccnc(-c3cc(-c4ccccc4)cc(-c4cccc5c4nc(-c4cc(C)cc(C)c4O)n5-c4ccc(C(C([2H])([2H])[2H])(C([2H])([2H])[2H])C([2H])([2H])[2H])cc4C)c3)c2)cc1. The van der Waals surface area contributed by atoms with Crippen LogP contribution in [0.1, 0.15) is 64.8 Å². The van der Waals surface area contributed by atoms with Crippen LogP contribution in [0, 0.1) is 27.6 Å². The van der Waals surface area contributed by atoms with Crippen LogP contribution in [0.15, 0.2) is 140 Å². The highest BCUT2D eigenvalue weighted by atomic mass is 16.3. The number of phenolic OH excluding ortho intramolecular Hbond substituents is 1. The minimum Gasteiger partial charge on any atom is -0.507 e. The summed E-state index contributed by atoms with van der Waals surface area (Å²) in [5, 5.41) is 11.7. The van der Waals surface area contributed by atoms with Gasteiger partial charge >= 0.3 is 0 Å². The number of nitrogens with zero attached hydrogens (tertiary/aromatic N) is 3. The largest absolute Gasteiger partial charge is 0.507 e. The molecule has 8 aromatic rings. The lowest BCUT2D eigenvalue weighted by molar-refractivity contribution is 0.472. The second-order valence-corrected chi connectivity index (χ2v) is 13.8. The van der Waals surface area contributed by atoms with Crippen LogP contribution in [-0.2, 0) is 5.41 Å². The van der Waals surface area contributed by atoms with E-state index in [1.54, 1.807) is 44.3 Å². The molecule has 0 aliphatic rings. The van der Waals surface area contributed by atoms with Gasteiger partial charge in [-0.15, -0.1) is 0 Å². The maximum Gasteiger partial charge on any atom is 0.149 e. The van der Waals surface area contributed by atoms with Crippen LogP contribution in [0.3, 0.4) is 0 Å². The van der Waals surface area contributed by atoms with Gasteiger partial charge in [0.2, 0.25) is 0 Å². The molecule has 6 aromatic carbocycles. The van der Waals surface area contributed by atoms with Crippen molar-refractivity contribution in [1.82, 2.24) is 14.5 Å². The summed E-state index contributed by atoms with van der Waals surface area (Å²) in [7, 11) is 0. The first-order chi connectivity index (χ1) is 30.9. The number of para-hydroxylation sites is 1. The fraction of sp³-hybridized carbons (Fsp3) is 0.160. The van der Waals surface area contributed by atoms with Crippen molar-refractivity contribution >= 4 is 11.0 Å². The molecule has 54 heavy (non-hydrogen) atoms.